The third kappa shape index (κ3) is 2.05. The quantitative estimate of drug-likeness (QED) is 0.608. The fourth-order valence-corrected chi connectivity index (χ4v) is 4.66. The van der Waals surface area contributed by atoms with Gasteiger partial charge < -0.3 is 4.90 Å². The lowest BCUT2D eigenvalue weighted by Gasteiger charge is -2.37. The van der Waals surface area contributed by atoms with E-state index in [9.17, 15) is 9.59 Å². The maximum atomic E-state index is 12.5. The van der Waals surface area contributed by atoms with Crippen LogP contribution in [0, 0.1) is 0 Å². The fourth-order valence-electron chi connectivity index (χ4n) is 2.74. The zero-order valence-electron chi connectivity index (χ0n) is 11.1. The van der Waals surface area contributed by atoms with Crippen LogP contribution >= 0.6 is 38.5 Å². The standard InChI is InChI=1S/C16H11BrINO2/c1-19-15(21)14(17)13(10-5-3-2-4-6-10)16(19)8-7-11(20)9-12(16)18/h2-9H,1H3. The predicted molar refractivity (Wildman–Crippen MR) is 94.0 cm³/mol. The summed E-state index contributed by atoms with van der Waals surface area (Å²) in [6.07, 6.45) is 4.92. The minimum atomic E-state index is -0.703. The molecule has 0 fully saturated rings. The second-order valence-electron chi connectivity index (χ2n) is 4.91. The monoisotopic (exact) mass is 455 g/mol. The van der Waals surface area contributed by atoms with Gasteiger partial charge in [-0.2, -0.15) is 0 Å². The van der Waals surface area contributed by atoms with Crippen LogP contribution in [-0.4, -0.2) is 29.2 Å². The van der Waals surface area contributed by atoms with Crippen molar-refractivity contribution in [1.29, 1.82) is 0 Å². The van der Waals surface area contributed by atoms with Crippen molar-refractivity contribution in [3.05, 3.63) is 62.2 Å². The Balaban J connectivity index is 2.29. The highest BCUT2D eigenvalue weighted by atomic mass is 127. The number of carbonyl (C=O) groups is 2. The molecule has 106 valence electrons. The summed E-state index contributed by atoms with van der Waals surface area (Å²) < 4.78 is 1.36. The first-order valence-electron chi connectivity index (χ1n) is 6.33. The van der Waals surface area contributed by atoms with E-state index in [2.05, 4.69) is 38.5 Å². The summed E-state index contributed by atoms with van der Waals surface area (Å²) >= 11 is 5.58. The highest BCUT2D eigenvalue weighted by Crippen LogP contribution is 2.51. The average Bonchev–Trinajstić information content (AvgIpc) is 2.67. The molecule has 1 atom stereocenters. The molecule has 21 heavy (non-hydrogen) atoms. The van der Waals surface area contributed by atoms with E-state index in [1.54, 1.807) is 18.0 Å². The molecule has 1 spiro atoms. The van der Waals surface area contributed by atoms with Crippen molar-refractivity contribution in [2.24, 2.45) is 0 Å². The van der Waals surface area contributed by atoms with Crippen molar-refractivity contribution < 1.29 is 9.59 Å². The number of hydrogen-bond donors (Lipinski definition) is 0. The Morgan fingerprint density at radius 3 is 2.48 bits per heavy atom. The van der Waals surface area contributed by atoms with Crippen LogP contribution in [0.5, 0.6) is 0 Å². The van der Waals surface area contributed by atoms with Gasteiger partial charge in [-0.25, -0.2) is 0 Å². The molecule has 0 saturated carbocycles. The first kappa shape index (κ1) is 14.7. The highest BCUT2D eigenvalue weighted by Gasteiger charge is 2.51. The van der Waals surface area contributed by atoms with Gasteiger partial charge >= 0.3 is 0 Å². The lowest BCUT2D eigenvalue weighted by molar-refractivity contribution is -0.125. The molecule has 0 N–H and O–H groups in total. The Kier molecular flexibility index (Phi) is 3.65. The van der Waals surface area contributed by atoms with Crippen molar-refractivity contribution in [2.45, 2.75) is 5.54 Å². The Morgan fingerprint density at radius 2 is 1.86 bits per heavy atom. The number of nitrogens with zero attached hydrogens (tertiary/aromatic N) is 1. The van der Waals surface area contributed by atoms with Gasteiger partial charge in [-0.05, 0) is 62.3 Å². The highest BCUT2D eigenvalue weighted by molar-refractivity contribution is 14.1. The van der Waals surface area contributed by atoms with Crippen molar-refractivity contribution in [3.8, 4) is 0 Å². The smallest absolute Gasteiger partial charge is 0.262 e. The molecule has 0 bridgehead atoms. The van der Waals surface area contributed by atoms with Gasteiger partial charge in [-0.1, -0.05) is 30.3 Å². The van der Waals surface area contributed by atoms with E-state index in [0.29, 0.717) is 4.48 Å². The van der Waals surface area contributed by atoms with Crippen molar-refractivity contribution in [1.82, 2.24) is 4.90 Å². The summed E-state index contributed by atoms with van der Waals surface area (Å²) in [6.45, 7) is 0. The summed E-state index contributed by atoms with van der Waals surface area (Å²) in [5.41, 5.74) is 1.13. The zero-order valence-corrected chi connectivity index (χ0v) is 14.9. The Morgan fingerprint density at radius 1 is 1.19 bits per heavy atom. The van der Waals surface area contributed by atoms with E-state index in [0.717, 1.165) is 14.7 Å². The van der Waals surface area contributed by atoms with Gasteiger partial charge in [0, 0.05) is 16.2 Å². The summed E-state index contributed by atoms with van der Waals surface area (Å²) in [6, 6.07) is 9.75. The predicted octanol–water partition coefficient (Wildman–Crippen LogP) is 3.46. The van der Waals surface area contributed by atoms with Crippen LogP contribution in [0.4, 0.5) is 0 Å². The molecule has 3 rings (SSSR count). The van der Waals surface area contributed by atoms with Gasteiger partial charge in [0.1, 0.15) is 5.54 Å². The Bertz CT molecular complexity index is 736. The van der Waals surface area contributed by atoms with E-state index in [1.807, 2.05) is 36.4 Å². The van der Waals surface area contributed by atoms with Crippen LogP contribution in [0.3, 0.4) is 0 Å². The van der Waals surface area contributed by atoms with Crippen LogP contribution in [0.2, 0.25) is 0 Å². The van der Waals surface area contributed by atoms with Crippen LogP contribution in [0.15, 0.2) is 56.6 Å². The van der Waals surface area contributed by atoms with E-state index in [-0.39, 0.29) is 11.7 Å². The van der Waals surface area contributed by atoms with E-state index < -0.39 is 5.54 Å². The second kappa shape index (κ2) is 5.21. The third-order valence-electron chi connectivity index (χ3n) is 3.81. The fraction of sp³-hybridized carbons (Fsp3) is 0.125. The van der Waals surface area contributed by atoms with Gasteiger partial charge in [0.15, 0.2) is 5.78 Å². The number of allylic oxidation sites excluding steroid dienone is 2. The molecule has 0 saturated heterocycles. The van der Waals surface area contributed by atoms with Crippen molar-refractivity contribution in [2.75, 3.05) is 7.05 Å². The molecule has 1 amide bonds. The second-order valence-corrected chi connectivity index (χ2v) is 6.87. The molecule has 1 heterocycles. The van der Waals surface area contributed by atoms with Crippen molar-refractivity contribution in [3.63, 3.8) is 0 Å². The first-order valence-corrected chi connectivity index (χ1v) is 8.20. The lowest BCUT2D eigenvalue weighted by atomic mass is 9.83. The number of rotatable bonds is 1. The summed E-state index contributed by atoms with van der Waals surface area (Å²) in [5, 5.41) is 0. The van der Waals surface area contributed by atoms with E-state index >= 15 is 0 Å². The molecule has 1 aliphatic heterocycles. The normalized spacial score (nSPS) is 25.1. The zero-order chi connectivity index (χ0) is 15.2. The molecule has 1 aromatic rings. The van der Waals surface area contributed by atoms with E-state index in [1.165, 1.54) is 6.08 Å². The number of likely N-dealkylation sites (N-methyl/N-ethyl adjacent to an activating group) is 1. The molecule has 3 nitrogen and oxygen atoms in total. The Hall–Kier alpha value is -1.21. The number of hydrogen-bond acceptors (Lipinski definition) is 2. The lowest BCUT2D eigenvalue weighted by Crippen LogP contribution is -2.45. The Labute approximate surface area is 144 Å². The number of carbonyl (C=O) groups excluding carboxylic acids is 2. The van der Waals surface area contributed by atoms with Crippen LogP contribution in [-0.2, 0) is 9.59 Å². The SMILES string of the molecule is CN1C(=O)C(Br)=C(c2ccccc2)C12C=CC(=O)C=C2I. The molecule has 0 aromatic heterocycles. The largest absolute Gasteiger partial charge is 0.323 e. The molecular formula is C16H11BrINO2. The van der Waals surface area contributed by atoms with Gasteiger partial charge in [0.25, 0.3) is 5.91 Å². The molecule has 2 aliphatic rings. The topological polar surface area (TPSA) is 37.4 Å². The molecule has 5 heteroatoms. The number of benzene rings is 1. The number of halogens is 2. The maximum absolute atomic E-state index is 12.5. The molecule has 1 aliphatic carbocycles. The first-order chi connectivity index (χ1) is 9.98. The van der Waals surface area contributed by atoms with Crippen molar-refractivity contribution >= 4 is 55.8 Å². The summed E-state index contributed by atoms with van der Waals surface area (Å²) in [7, 11) is 1.76. The van der Waals surface area contributed by atoms with Gasteiger partial charge in [0.2, 0.25) is 0 Å². The summed E-state index contributed by atoms with van der Waals surface area (Å²) in [5.74, 6) is -0.142. The molecular weight excluding hydrogens is 445 g/mol. The number of amides is 1. The van der Waals surface area contributed by atoms with E-state index in [4.69, 9.17) is 0 Å². The van der Waals surface area contributed by atoms with Gasteiger partial charge in [0.05, 0.1) is 4.48 Å². The van der Waals surface area contributed by atoms with Gasteiger partial charge in [-0.15, -0.1) is 0 Å². The van der Waals surface area contributed by atoms with Crippen LogP contribution in [0.1, 0.15) is 5.56 Å². The molecule has 0 radical (unpaired) electrons. The van der Waals surface area contributed by atoms with Crippen LogP contribution < -0.4 is 0 Å². The minimum absolute atomic E-state index is 0.0543. The summed E-state index contributed by atoms with van der Waals surface area (Å²) in [4.78, 5) is 25.8. The average molecular weight is 456 g/mol. The number of ketones is 1. The van der Waals surface area contributed by atoms with Crippen LogP contribution in [0.25, 0.3) is 5.57 Å². The molecule has 1 unspecified atom stereocenters. The molecule has 1 aromatic carbocycles. The minimum Gasteiger partial charge on any atom is -0.323 e. The van der Waals surface area contributed by atoms with Gasteiger partial charge in [-0.3, -0.25) is 9.59 Å². The third-order valence-corrected chi connectivity index (χ3v) is 5.68. The maximum Gasteiger partial charge on any atom is 0.262 e.